The quantitative estimate of drug-likeness (QED) is 0.659. The molecule has 0 aliphatic carbocycles. The Labute approximate surface area is 163 Å². The SMILES string of the molecule is CC1NCCC2NC(=O)C(CC(=O)NCc3ccc(F)cc3F)=C(C(F)(F)F)C12. The first-order chi connectivity index (χ1) is 13.6. The summed E-state index contributed by atoms with van der Waals surface area (Å²) >= 11 is 0. The molecule has 1 fully saturated rings. The molecule has 2 heterocycles. The lowest BCUT2D eigenvalue weighted by Crippen LogP contribution is -2.59. The van der Waals surface area contributed by atoms with E-state index < -0.39 is 65.2 Å². The zero-order valence-electron chi connectivity index (χ0n) is 15.5. The van der Waals surface area contributed by atoms with Crippen LogP contribution in [0.1, 0.15) is 25.3 Å². The van der Waals surface area contributed by atoms with Crippen molar-refractivity contribution in [1.29, 1.82) is 0 Å². The Balaban J connectivity index is 1.82. The van der Waals surface area contributed by atoms with Crippen LogP contribution in [0.4, 0.5) is 22.0 Å². The molecule has 2 aliphatic heterocycles. The molecule has 0 aromatic heterocycles. The monoisotopic (exact) mass is 417 g/mol. The summed E-state index contributed by atoms with van der Waals surface area (Å²) in [6.07, 6.45) is -5.21. The molecule has 29 heavy (non-hydrogen) atoms. The summed E-state index contributed by atoms with van der Waals surface area (Å²) in [5, 5.41) is 7.83. The van der Waals surface area contributed by atoms with E-state index in [4.69, 9.17) is 0 Å². The molecule has 0 bridgehead atoms. The van der Waals surface area contributed by atoms with E-state index in [-0.39, 0.29) is 12.1 Å². The standard InChI is InChI=1S/C19H20F5N3O2/c1-9-16-14(4-5-25-9)27-18(29)12(17(16)19(22,23)24)7-15(28)26-8-10-2-3-11(20)6-13(10)21/h2-3,6,9,14,16,25H,4-5,7-8H2,1H3,(H,26,28)(H,27,29). The van der Waals surface area contributed by atoms with E-state index in [1.54, 1.807) is 6.92 Å². The fourth-order valence-electron chi connectivity index (χ4n) is 3.93. The molecule has 5 nitrogen and oxygen atoms in total. The summed E-state index contributed by atoms with van der Waals surface area (Å²) in [7, 11) is 0. The fraction of sp³-hybridized carbons (Fsp3) is 0.474. The van der Waals surface area contributed by atoms with Crippen molar-refractivity contribution < 1.29 is 31.5 Å². The van der Waals surface area contributed by atoms with Crippen LogP contribution in [0, 0.1) is 17.6 Å². The van der Waals surface area contributed by atoms with Gasteiger partial charge in [-0.1, -0.05) is 6.07 Å². The number of nitrogens with one attached hydrogen (secondary N) is 3. The minimum Gasteiger partial charge on any atom is -0.352 e. The van der Waals surface area contributed by atoms with Gasteiger partial charge in [0.2, 0.25) is 11.8 Å². The second-order valence-electron chi connectivity index (χ2n) is 7.22. The molecule has 10 heteroatoms. The van der Waals surface area contributed by atoms with Crippen molar-refractivity contribution in [3.8, 4) is 0 Å². The number of fused-ring (bicyclic) bond motifs is 1. The summed E-state index contributed by atoms with van der Waals surface area (Å²) in [5.41, 5.74) is -1.65. The zero-order chi connectivity index (χ0) is 21.3. The van der Waals surface area contributed by atoms with E-state index in [1.807, 2.05) is 0 Å². The normalized spacial score (nSPS) is 24.8. The molecule has 0 saturated carbocycles. The van der Waals surface area contributed by atoms with E-state index in [1.165, 1.54) is 0 Å². The number of hydrogen-bond acceptors (Lipinski definition) is 3. The third kappa shape index (κ3) is 4.58. The first kappa shape index (κ1) is 21.2. The Morgan fingerprint density at radius 2 is 2.00 bits per heavy atom. The maximum absolute atomic E-state index is 13.8. The fourth-order valence-corrected chi connectivity index (χ4v) is 3.93. The summed E-state index contributed by atoms with van der Waals surface area (Å²) < 4.78 is 68.0. The van der Waals surface area contributed by atoms with Crippen LogP contribution in [0.3, 0.4) is 0 Å². The number of rotatable bonds is 4. The molecule has 3 N–H and O–H groups in total. The van der Waals surface area contributed by atoms with Gasteiger partial charge >= 0.3 is 6.18 Å². The highest BCUT2D eigenvalue weighted by Gasteiger charge is 2.51. The average Bonchev–Trinajstić information content (AvgIpc) is 2.61. The first-order valence-electron chi connectivity index (χ1n) is 9.13. The summed E-state index contributed by atoms with van der Waals surface area (Å²) in [6, 6.07) is 1.57. The molecule has 1 aromatic rings. The number of piperidine rings is 1. The van der Waals surface area contributed by atoms with Crippen LogP contribution in [0.5, 0.6) is 0 Å². The lowest BCUT2D eigenvalue weighted by Gasteiger charge is -2.43. The number of carbonyl (C=O) groups is 2. The highest BCUT2D eigenvalue weighted by molar-refractivity contribution is 6.00. The molecule has 3 rings (SSSR count). The van der Waals surface area contributed by atoms with E-state index in [2.05, 4.69) is 16.0 Å². The third-order valence-corrected chi connectivity index (χ3v) is 5.28. The maximum atomic E-state index is 13.8. The first-order valence-corrected chi connectivity index (χ1v) is 9.13. The second-order valence-corrected chi connectivity index (χ2v) is 7.22. The highest BCUT2D eigenvalue weighted by Crippen LogP contribution is 2.42. The lowest BCUT2D eigenvalue weighted by atomic mass is 9.75. The van der Waals surface area contributed by atoms with Crippen molar-refractivity contribution in [1.82, 2.24) is 16.0 Å². The third-order valence-electron chi connectivity index (χ3n) is 5.28. The Hall–Kier alpha value is -2.49. The van der Waals surface area contributed by atoms with Gasteiger partial charge in [-0.15, -0.1) is 0 Å². The topological polar surface area (TPSA) is 70.2 Å². The van der Waals surface area contributed by atoms with Crippen molar-refractivity contribution in [2.24, 2.45) is 5.92 Å². The predicted octanol–water partition coefficient (Wildman–Crippen LogP) is 2.33. The van der Waals surface area contributed by atoms with E-state index in [9.17, 15) is 31.5 Å². The maximum Gasteiger partial charge on any atom is 0.413 e. The minimum atomic E-state index is -4.77. The largest absolute Gasteiger partial charge is 0.413 e. The number of carbonyl (C=O) groups excluding carboxylic acids is 2. The van der Waals surface area contributed by atoms with Gasteiger partial charge in [-0.2, -0.15) is 13.2 Å². The number of alkyl halides is 3. The van der Waals surface area contributed by atoms with Crippen LogP contribution >= 0.6 is 0 Å². The number of amides is 2. The van der Waals surface area contributed by atoms with Crippen LogP contribution in [-0.2, 0) is 16.1 Å². The van der Waals surface area contributed by atoms with Crippen LogP contribution in [0.15, 0.2) is 29.3 Å². The summed E-state index contributed by atoms with van der Waals surface area (Å²) in [4.78, 5) is 24.6. The number of benzene rings is 1. The molecule has 2 amide bonds. The minimum absolute atomic E-state index is 0.0250. The van der Waals surface area contributed by atoms with Gasteiger partial charge < -0.3 is 16.0 Å². The molecular formula is C19H20F5N3O2. The molecule has 0 spiro atoms. The molecule has 1 aromatic carbocycles. The smallest absolute Gasteiger partial charge is 0.352 e. The van der Waals surface area contributed by atoms with Crippen molar-refractivity contribution in [2.75, 3.05) is 6.54 Å². The Morgan fingerprint density at radius 3 is 2.66 bits per heavy atom. The van der Waals surface area contributed by atoms with Gasteiger partial charge in [0, 0.05) is 47.3 Å². The Morgan fingerprint density at radius 1 is 1.28 bits per heavy atom. The summed E-state index contributed by atoms with van der Waals surface area (Å²) in [5.74, 6) is -4.47. The van der Waals surface area contributed by atoms with E-state index in [0.717, 1.165) is 12.1 Å². The number of halogens is 5. The number of hydrogen-bond donors (Lipinski definition) is 3. The van der Waals surface area contributed by atoms with Gasteiger partial charge in [-0.05, 0) is 26.0 Å². The van der Waals surface area contributed by atoms with Crippen LogP contribution < -0.4 is 16.0 Å². The lowest BCUT2D eigenvalue weighted by molar-refractivity contribution is -0.129. The van der Waals surface area contributed by atoms with Gasteiger partial charge in [0.1, 0.15) is 11.6 Å². The highest BCUT2D eigenvalue weighted by atomic mass is 19.4. The van der Waals surface area contributed by atoms with E-state index >= 15 is 0 Å². The second kappa shape index (κ2) is 8.10. The van der Waals surface area contributed by atoms with Crippen LogP contribution in [0.25, 0.3) is 0 Å². The molecule has 3 atom stereocenters. The molecular weight excluding hydrogens is 397 g/mol. The molecule has 158 valence electrons. The van der Waals surface area contributed by atoms with E-state index in [0.29, 0.717) is 19.0 Å². The average molecular weight is 417 g/mol. The van der Waals surface area contributed by atoms with Crippen molar-refractivity contribution in [3.63, 3.8) is 0 Å². The summed E-state index contributed by atoms with van der Waals surface area (Å²) in [6.45, 7) is 1.74. The van der Waals surface area contributed by atoms with Crippen molar-refractivity contribution in [2.45, 2.75) is 44.6 Å². The molecule has 1 saturated heterocycles. The van der Waals surface area contributed by atoms with Gasteiger partial charge in [0.15, 0.2) is 0 Å². The van der Waals surface area contributed by atoms with Crippen molar-refractivity contribution in [3.05, 3.63) is 46.5 Å². The molecule has 2 aliphatic rings. The van der Waals surface area contributed by atoms with Gasteiger partial charge in [0.25, 0.3) is 0 Å². The van der Waals surface area contributed by atoms with Gasteiger partial charge in [-0.25, -0.2) is 8.78 Å². The van der Waals surface area contributed by atoms with Crippen LogP contribution in [0.2, 0.25) is 0 Å². The van der Waals surface area contributed by atoms with Gasteiger partial charge in [-0.3, -0.25) is 9.59 Å². The molecule has 0 radical (unpaired) electrons. The Kier molecular flexibility index (Phi) is 5.92. The van der Waals surface area contributed by atoms with Crippen molar-refractivity contribution >= 4 is 11.8 Å². The van der Waals surface area contributed by atoms with Gasteiger partial charge in [0.05, 0.1) is 6.42 Å². The molecule has 3 unspecified atom stereocenters. The zero-order valence-corrected chi connectivity index (χ0v) is 15.5. The Bertz CT molecular complexity index is 853. The predicted molar refractivity (Wildman–Crippen MR) is 93.4 cm³/mol. The van der Waals surface area contributed by atoms with Crippen LogP contribution in [-0.4, -0.2) is 36.6 Å².